The van der Waals surface area contributed by atoms with Gasteiger partial charge in [-0.2, -0.15) is 11.6 Å². The second-order valence-electron chi connectivity index (χ2n) is 5.90. The molecule has 0 saturated carbocycles. The average Bonchev–Trinajstić information content (AvgIpc) is 2.24. The molecule has 0 spiro atoms. The Kier molecular flexibility index (Phi) is 4.59. The van der Waals surface area contributed by atoms with Gasteiger partial charge in [0.15, 0.2) is 0 Å². The summed E-state index contributed by atoms with van der Waals surface area (Å²) >= 11 is 0. The van der Waals surface area contributed by atoms with Gasteiger partial charge in [-0.1, -0.05) is 71.1 Å². The molecule has 2 aliphatic rings. The van der Waals surface area contributed by atoms with Crippen LogP contribution in [0.3, 0.4) is 0 Å². The predicted molar refractivity (Wildman–Crippen MR) is 69.9 cm³/mol. The van der Waals surface area contributed by atoms with E-state index in [-0.39, 0.29) is 0 Å². The fraction of sp³-hybridized carbons (Fsp3) is 1.00. The maximum Gasteiger partial charge on any atom is -0.0537 e. The standard InChI is InChI=1S/C14H27B/c1-2-3-4-5-12-15-13-8-6-9-14(15)11-7-10-13/h13-14H,2-12H2,1H3/q-1. The van der Waals surface area contributed by atoms with Gasteiger partial charge in [0.25, 0.3) is 0 Å². The molecule has 0 amide bonds. The van der Waals surface area contributed by atoms with E-state index in [2.05, 4.69) is 6.92 Å². The summed E-state index contributed by atoms with van der Waals surface area (Å²) in [6.07, 6.45) is 16.8. The molecule has 0 aliphatic carbocycles. The molecule has 0 nitrogen and oxygen atoms in total. The third-order valence-electron chi connectivity index (χ3n) is 4.90. The summed E-state index contributed by atoms with van der Waals surface area (Å²) in [4.78, 5) is 0. The lowest BCUT2D eigenvalue weighted by atomic mass is 9.26. The molecule has 0 aromatic heterocycles. The van der Waals surface area contributed by atoms with Crippen LogP contribution in [0.15, 0.2) is 0 Å². The van der Waals surface area contributed by atoms with Crippen LogP contribution in [0, 0.1) is 0 Å². The van der Waals surface area contributed by atoms with Crippen molar-refractivity contribution < 1.29 is 0 Å². The monoisotopic (exact) mass is 206 g/mol. The Labute approximate surface area is 96.3 Å². The molecular formula is C14H27B-. The third-order valence-corrected chi connectivity index (χ3v) is 4.90. The minimum Gasteiger partial charge on any atom is -0.208 e. The molecule has 1 radical (unpaired) electrons. The largest absolute Gasteiger partial charge is 0.208 e. The quantitative estimate of drug-likeness (QED) is 0.430. The summed E-state index contributed by atoms with van der Waals surface area (Å²) < 4.78 is 0. The van der Waals surface area contributed by atoms with Gasteiger partial charge in [0, 0.05) is 0 Å². The van der Waals surface area contributed by atoms with Crippen LogP contribution in [0.4, 0.5) is 0 Å². The summed E-state index contributed by atoms with van der Waals surface area (Å²) in [5, 5.41) is 0. The number of unbranched alkanes of at least 4 members (excludes halogenated alkanes) is 3. The first-order valence-electron chi connectivity index (χ1n) is 7.42. The van der Waals surface area contributed by atoms with Crippen molar-refractivity contribution >= 4 is 6.71 Å². The van der Waals surface area contributed by atoms with Crippen LogP contribution < -0.4 is 0 Å². The minimum atomic E-state index is 1.14. The fourth-order valence-corrected chi connectivity index (χ4v) is 4.09. The zero-order valence-electron chi connectivity index (χ0n) is 10.5. The van der Waals surface area contributed by atoms with Crippen molar-refractivity contribution in [3.05, 3.63) is 0 Å². The topological polar surface area (TPSA) is 0 Å². The van der Waals surface area contributed by atoms with Crippen LogP contribution in [0.2, 0.25) is 18.0 Å². The first kappa shape index (κ1) is 11.5. The van der Waals surface area contributed by atoms with Crippen molar-refractivity contribution in [2.45, 2.75) is 89.1 Å². The molecule has 0 atom stereocenters. The SMILES string of the molecule is CCCCCC[B-]1C2CCCC1CCC2. The van der Waals surface area contributed by atoms with Gasteiger partial charge in [-0.3, -0.25) is 0 Å². The van der Waals surface area contributed by atoms with Gasteiger partial charge in [0.05, 0.1) is 0 Å². The lowest BCUT2D eigenvalue weighted by Crippen LogP contribution is -2.34. The van der Waals surface area contributed by atoms with Gasteiger partial charge >= 0.3 is 0 Å². The first-order valence-corrected chi connectivity index (χ1v) is 7.42. The highest BCUT2D eigenvalue weighted by Crippen LogP contribution is 2.48. The molecule has 2 fully saturated rings. The summed E-state index contributed by atoms with van der Waals surface area (Å²) in [5.74, 6) is 2.28. The molecule has 0 aromatic carbocycles. The van der Waals surface area contributed by atoms with Crippen LogP contribution >= 0.6 is 0 Å². The molecule has 2 rings (SSSR count). The summed E-state index contributed by atoms with van der Waals surface area (Å²) in [5.41, 5.74) is 0. The Morgan fingerprint density at radius 1 is 0.867 bits per heavy atom. The maximum absolute atomic E-state index is 2.31. The van der Waals surface area contributed by atoms with E-state index in [0.717, 1.165) is 18.3 Å². The second-order valence-corrected chi connectivity index (χ2v) is 5.90. The summed E-state index contributed by atoms with van der Waals surface area (Å²) in [6, 6.07) is 0. The molecule has 2 bridgehead atoms. The lowest BCUT2D eigenvalue weighted by Gasteiger charge is -2.52. The van der Waals surface area contributed by atoms with Crippen LogP contribution in [0.1, 0.15) is 71.1 Å². The van der Waals surface area contributed by atoms with Crippen molar-refractivity contribution in [2.24, 2.45) is 0 Å². The minimum absolute atomic E-state index is 1.14. The van der Waals surface area contributed by atoms with E-state index in [9.17, 15) is 0 Å². The zero-order chi connectivity index (χ0) is 10.5. The second kappa shape index (κ2) is 5.96. The van der Waals surface area contributed by atoms with Crippen LogP contribution in [0.5, 0.6) is 0 Å². The van der Waals surface area contributed by atoms with E-state index in [1.807, 2.05) is 0 Å². The Hall–Kier alpha value is 0.0649. The van der Waals surface area contributed by atoms with E-state index in [4.69, 9.17) is 0 Å². The summed E-state index contributed by atoms with van der Waals surface area (Å²) in [6.45, 7) is 3.46. The number of fused-ring (bicyclic) bond motifs is 2. The Bertz CT molecular complexity index is 156. The van der Waals surface area contributed by atoms with E-state index in [0.29, 0.717) is 0 Å². The van der Waals surface area contributed by atoms with Crippen LogP contribution in [-0.2, 0) is 0 Å². The van der Waals surface area contributed by atoms with Crippen LogP contribution in [-0.4, -0.2) is 6.71 Å². The van der Waals surface area contributed by atoms with E-state index in [1.165, 1.54) is 25.7 Å². The van der Waals surface area contributed by atoms with Gasteiger partial charge in [0.2, 0.25) is 0 Å². The van der Waals surface area contributed by atoms with E-state index >= 15 is 0 Å². The predicted octanol–water partition coefficient (Wildman–Crippen LogP) is 5.17. The highest BCUT2D eigenvalue weighted by Gasteiger charge is 2.26. The van der Waals surface area contributed by atoms with Crippen molar-refractivity contribution in [3.63, 3.8) is 0 Å². The Morgan fingerprint density at radius 3 is 2.00 bits per heavy atom. The molecular weight excluding hydrogens is 179 g/mol. The van der Waals surface area contributed by atoms with Gasteiger partial charge in [-0.25, -0.2) is 6.32 Å². The molecule has 2 heterocycles. The molecule has 2 aliphatic heterocycles. The molecule has 0 unspecified atom stereocenters. The lowest BCUT2D eigenvalue weighted by molar-refractivity contribution is 0.439. The normalized spacial score (nSPS) is 31.8. The van der Waals surface area contributed by atoms with Gasteiger partial charge in [0.1, 0.15) is 0 Å². The van der Waals surface area contributed by atoms with Crippen molar-refractivity contribution in [1.29, 1.82) is 0 Å². The maximum atomic E-state index is 2.31. The number of hydrogen-bond donors (Lipinski definition) is 0. The van der Waals surface area contributed by atoms with Crippen molar-refractivity contribution in [1.82, 2.24) is 0 Å². The summed E-state index contributed by atoms with van der Waals surface area (Å²) in [7, 11) is 0. The van der Waals surface area contributed by atoms with Crippen molar-refractivity contribution in [2.75, 3.05) is 0 Å². The number of hydrogen-bond acceptors (Lipinski definition) is 0. The smallest absolute Gasteiger partial charge is 0.0537 e. The molecule has 15 heavy (non-hydrogen) atoms. The van der Waals surface area contributed by atoms with Gasteiger partial charge < -0.3 is 0 Å². The van der Waals surface area contributed by atoms with Crippen LogP contribution in [0.25, 0.3) is 0 Å². The number of rotatable bonds is 5. The highest BCUT2D eigenvalue weighted by atomic mass is 14.2. The molecule has 1 heteroatoms. The molecule has 2 saturated heterocycles. The van der Waals surface area contributed by atoms with Gasteiger partial charge in [-0.15, -0.1) is 6.71 Å². The van der Waals surface area contributed by atoms with E-state index in [1.54, 1.807) is 44.8 Å². The average molecular weight is 206 g/mol. The van der Waals surface area contributed by atoms with Gasteiger partial charge in [-0.05, 0) is 0 Å². The first-order chi connectivity index (χ1) is 7.42. The third kappa shape index (κ3) is 3.01. The zero-order valence-corrected chi connectivity index (χ0v) is 10.5. The Balaban J connectivity index is 1.74. The Morgan fingerprint density at radius 2 is 1.47 bits per heavy atom. The van der Waals surface area contributed by atoms with Crippen molar-refractivity contribution in [3.8, 4) is 0 Å². The van der Waals surface area contributed by atoms with E-state index < -0.39 is 0 Å². The molecule has 87 valence electrons. The highest BCUT2D eigenvalue weighted by molar-refractivity contribution is 6.62. The fourth-order valence-electron chi connectivity index (χ4n) is 4.09. The molecule has 0 N–H and O–H groups in total. The molecule has 0 aromatic rings.